The molecule has 1 aliphatic carbocycles. The van der Waals surface area contributed by atoms with Gasteiger partial charge in [-0.05, 0) is 54.1 Å². The van der Waals surface area contributed by atoms with E-state index < -0.39 is 30.1 Å². The quantitative estimate of drug-likeness (QED) is 0.219. The molecule has 1 amide bonds. The number of hydrogen-bond donors (Lipinski definition) is 5. The van der Waals surface area contributed by atoms with Crippen molar-refractivity contribution in [2.75, 3.05) is 5.32 Å². The molecule has 0 spiro atoms. The van der Waals surface area contributed by atoms with Crippen LogP contribution in [-0.2, 0) is 17.5 Å². The van der Waals surface area contributed by atoms with Crippen molar-refractivity contribution in [3.8, 4) is 0 Å². The van der Waals surface area contributed by atoms with E-state index in [1.54, 1.807) is 13.8 Å². The summed E-state index contributed by atoms with van der Waals surface area (Å²) in [6.45, 7) is 3.45. The van der Waals surface area contributed by atoms with Crippen LogP contribution in [0.25, 0.3) is 0 Å². The molecule has 5 N–H and O–H groups in total. The molecule has 0 aliphatic heterocycles. The van der Waals surface area contributed by atoms with E-state index in [9.17, 15) is 31.9 Å². The Morgan fingerprint density at radius 2 is 1.84 bits per heavy atom. The van der Waals surface area contributed by atoms with Gasteiger partial charge in [-0.25, -0.2) is 8.78 Å². The summed E-state index contributed by atoms with van der Waals surface area (Å²) >= 11 is 0. The highest BCUT2D eigenvalue weighted by Crippen LogP contribution is 2.30. The number of allylic oxidation sites excluding steroid dienone is 4. The maximum atomic E-state index is 13.6. The van der Waals surface area contributed by atoms with Crippen molar-refractivity contribution in [1.29, 1.82) is 5.41 Å². The van der Waals surface area contributed by atoms with Crippen LogP contribution < -0.4 is 16.0 Å². The summed E-state index contributed by atoms with van der Waals surface area (Å²) in [5.41, 5.74) is -0.167. The minimum Gasteiger partial charge on any atom is -0.369 e. The molecule has 1 aliphatic rings. The van der Waals surface area contributed by atoms with Crippen LogP contribution in [0.1, 0.15) is 48.9 Å². The first-order valence-corrected chi connectivity index (χ1v) is 11.5. The number of nitrogens with one attached hydrogen (secondary N) is 4. The number of rotatable bonds is 9. The average Bonchev–Trinajstić information content (AvgIpc) is 2.86. The molecule has 38 heavy (non-hydrogen) atoms. The molecule has 12 heteroatoms. The molecule has 202 valence electrons. The van der Waals surface area contributed by atoms with Gasteiger partial charge in [-0.1, -0.05) is 13.8 Å². The number of hydrogen-bond acceptors (Lipinski definition) is 6. The second-order valence-corrected chi connectivity index (χ2v) is 8.70. The van der Waals surface area contributed by atoms with Crippen molar-refractivity contribution >= 4 is 17.3 Å². The summed E-state index contributed by atoms with van der Waals surface area (Å²) in [6, 6.07) is 5.64. The number of pyridine rings is 1. The number of carbonyl (C=O) groups excluding carboxylic acids is 1. The third kappa shape index (κ3) is 7.48. The van der Waals surface area contributed by atoms with Crippen LogP contribution in [0.5, 0.6) is 0 Å². The van der Waals surface area contributed by atoms with Crippen LogP contribution >= 0.6 is 0 Å². The van der Waals surface area contributed by atoms with Crippen LogP contribution in [0.3, 0.4) is 0 Å². The van der Waals surface area contributed by atoms with E-state index >= 15 is 0 Å². The van der Waals surface area contributed by atoms with E-state index in [-0.39, 0.29) is 35.3 Å². The summed E-state index contributed by atoms with van der Waals surface area (Å²) < 4.78 is 65.4. The Balaban J connectivity index is 1.76. The van der Waals surface area contributed by atoms with Crippen molar-refractivity contribution in [3.05, 3.63) is 94.6 Å². The van der Waals surface area contributed by atoms with Crippen molar-refractivity contribution in [1.82, 2.24) is 15.6 Å². The van der Waals surface area contributed by atoms with Gasteiger partial charge in [0.05, 0.1) is 11.3 Å². The molecule has 7 nitrogen and oxygen atoms in total. The van der Waals surface area contributed by atoms with Crippen LogP contribution in [0.15, 0.2) is 72.2 Å². The second kappa shape index (κ2) is 12.0. The average molecular weight is 536 g/mol. The van der Waals surface area contributed by atoms with Crippen LogP contribution in [-0.4, -0.2) is 21.7 Å². The van der Waals surface area contributed by atoms with Gasteiger partial charge < -0.3 is 26.5 Å². The third-order valence-corrected chi connectivity index (χ3v) is 5.46. The molecule has 0 radical (unpaired) electrons. The molecular formula is C26H26F5N5O2. The minimum atomic E-state index is -4.46. The summed E-state index contributed by atoms with van der Waals surface area (Å²) in [7, 11) is 0. The molecule has 1 atom stereocenters. The topological polar surface area (TPSA) is 110 Å². The summed E-state index contributed by atoms with van der Waals surface area (Å²) in [6.07, 6.45) is -2.10. The van der Waals surface area contributed by atoms with Gasteiger partial charge in [0.2, 0.25) is 5.91 Å². The summed E-state index contributed by atoms with van der Waals surface area (Å²) in [5, 5.41) is 26.9. The van der Waals surface area contributed by atoms with Gasteiger partial charge in [0.15, 0.2) is 6.23 Å². The molecule has 0 fully saturated rings. The van der Waals surface area contributed by atoms with Gasteiger partial charge in [-0.3, -0.25) is 9.78 Å². The zero-order valence-corrected chi connectivity index (χ0v) is 20.4. The normalized spacial score (nSPS) is 15.6. The zero-order chi connectivity index (χ0) is 28.0. The predicted octanol–water partition coefficient (Wildman–Crippen LogP) is 5.36. The zero-order valence-electron chi connectivity index (χ0n) is 20.4. The number of aliphatic hydroxyl groups excluding tert-OH is 1. The van der Waals surface area contributed by atoms with Crippen molar-refractivity contribution in [2.45, 2.75) is 39.2 Å². The van der Waals surface area contributed by atoms with Gasteiger partial charge in [-0.2, -0.15) is 13.2 Å². The molecular weight excluding hydrogens is 509 g/mol. The minimum absolute atomic E-state index is 0.0372. The van der Waals surface area contributed by atoms with Gasteiger partial charge in [0.25, 0.3) is 6.43 Å². The molecule has 3 rings (SSSR count). The number of benzene rings is 1. The Bertz CT molecular complexity index is 1270. The predicted molar refractivity (Wildman–Crippen MR) is 132 cm³/mol. The van der Waals surface area contributed by atoms with Crippen LogP contribution in [0, 0.1) is 11.3 Å². The SMILES string of the molecule is CC(C)C(=O)NCc1cnc(C(F)F)c(C(O)NC2=C/C(=C/Nc3ccc(C(F)(F)F)cc3)C(=N)C=C2)c1. The number of aromatic nitrogens is 1. The molecule has 1 aromatic carbocycles. The largest absolute Gasteiger partial charge is 0.416 e. The third-order valence-electron chi connectivity index (χ3n) is 5.46. The first-order chi connectivity index (χ1) is 17.8. The first-order valence-electron chi connectivity index (χ1n) is 11.5. The first kappa shape index (κ1) is 28.5. The van der Waals surface area contributed by atoms with Gasteiger partial charge in [-0.15, -0.1) is 0 Å². The van der Waals surface area contributed by atoms with E-state index in [1.807, 2.05) is 0 Å². The molecule has 0 saturated carbocycles. The highest BCUT2D eigenvalue weighted by atomic mass is 19.4. The summed E-state index contributed by atoms with van der Waals surface area (Å²) in [5.74, 6) is -0.498. The van der Waals surface area contributed by atoms with E-state index in [0.29, 0.717) is 16.8 Å². The lowest BCUT2D eigenvalue weighted by molar-refractivity contribution is -0.137. The van der Waals surface area contributed by atoms with Crippen molar-refractivity contribution in [2.24, 2.45) is 5.92 Å². The Morgan fingerprint density at radius 1 is 1.16 bits per heavy atom. The Labute approximate surface area is 215 Å². The highest BCUT2D eigenvalue weighted by molar-refractivity contribution is 6.09. The fraction of sp³-hybridized carbons (Fsp3) is 0.269. The molecule has 0 bridgehead atoms. The molecule has 1 heterocycles. The number of amides is 1. The van der Waals surface area contributed by atoms with E-state index in [0.717, 1.165) is 12.1 Å². The Hall–Kier alpha value is -4.06. The maximum Gasteiger partial charge on any atom is 0.416 e. The fourth-order valence-electron chi connectivity index (χ4n) is 3.35. The lowest BCUT2D eigenvalue weighted by Gasteiger charge is -2.21. The number of anilines is 1. The molecule has 1 unspecified atom stereocenters. The Kier molecular flexibility index (Phi) is 9.00. The van der Waals surface area contributed by atoms with Gasteiger partial charge >= 0.3 is 6.18 Å². The molecule has 0 saturated heterocycles. The fourth-order valence-corrected chi connectivity index (χ4v) is 3.35. The highest BCUT2D eigenvalue weighted by Gasteiger charge is 2.30. The standard InChI is InChI=1S/C26H26F5N5O2/c1-14(2)24(37)35-12-15-9-20(22(23(27)28)34-11-15)25(38)36-19-7-8-21(32)16(10-19)13-33-18-5-3-17(4-6-18)26(29,30)31/h3-11,13-14,23,25,32-33,36,38H,12H2,1-2H3,(H,35,37)/b16-13-,32-21?. The second-order valence-electron chi connectivity index (χ2n) is 8.70. The monoisotopic (exact) mass is 535 g/mol. The smallest absolute Gasteiger partial charge is 0.369 e. The lowest BCUT2D eigenvalue weighted by Crippen LogP contribution is -2.28. The number of alkyl halides is 5. The number of aliphatic hydroxyl groups is 1. The Morgan fingerprint density at radius 3 is 2.45 bits per heavy atom. The number of nitrogens with zero attached hydrogens (tertiary/aromatic N) is 1. The number of halogens is 5. The van der Waals surface area contributed by atoms with E-state index in [4.69, 9.17) is 5.41 Å². The summed E-state index contributed by atoms with van der Waals surface area (Å²) in [4.78, 5) is 15.6. The lowest BCUT2D eigenvalue weighted by atomic mass is 10.0. The molecule has 2 aromatic rings. The van der Waals surface area contributed by atoms with Crippen molar-refractivity contribution in [3.63, 3.8) is 0 Å². The van der Waals surface area contributed by atoms with Gasteiger partial charge in [0.1, 0.15) is 5.69 Å². The number of carbonyl (C=O) groups is 1. The van der Waals surface area contributed by atoms with Gasteiger partial charge in [0, 0.05) is 47.4 Å². The molecule has 1 aromatic heterocycles. The van der Waals surface area contributed by atoms with Crippen LogP contribution in [0.2, 0.25) is 0 Å². The van der Waals surface area contributed by atoms with Crippen molar-refractivity contribution < 1.29 is 31.9 Å². The van der Waals surface area contributed by atoms with E-state index in [2.05, 4.69) is 20.9 Å². The van der Waals surface area contributed by atoms with E-state index in [1.165, 1.54) is 48.8 Å². The maximum absolute atomic E-state index is 13.6. The van der Waals surface area contributed by atoms with Crippen LogP contribution in [0.4, 0.5) is 27.6 Å².